The number of unbranched alkanes of at least 4 members (excludes halogenated alkanes) is 14. The van der Waals surface area contributed by atoms with Crippen LogP contribution in [0.4, 0.5) is 0 Å². The van der Waals surface area contributed by atoms with Crippen LogP contribution in [0.3, 0.4) is 0 Å². The largest absolute Gasteiger partial charge is 0.494 e. The number of nitrogens with one attached hydrogen (secondary N) is 7. The first-order chi connectivity index (χ1) is 59.8. The van der Waals surface area contributed by atoms with Crippen LogP contribution in [0.15, 0.2) is 48.5 Å². The number of aliphatic hydroxyl groups excluding tert-OH is 1. The van der Waals surface area contributed by atoms with Gasteiger partial charge in [-0.15, -0.1) is 0 Å². The van der Waals surface area contributed by atoms with E-state index in [1.807, 2.05) is 6.92 Å². The lowest BCUT2D eigenvalue weighted by atomic mass is 9.95. The summed E-state index contributed by atoms with van der Waals surface area (Å²) in [6.45, 7) is 10.6. The zero-order chi connectivity index (χ0) is 91.9. The Morgan fingerprint density at radius 3 is 1.02 bits per heavy atom. The molecule has 0 spiro atoms. The summed E-state index contributed by atoms with van der Waals surface area (Å²) in [7, 11) is 2.76. The maximum absolute atomic E-state index is 12.3. The number of aromatic carboxylic acids is 2. The zero-order valence-electron chi connectivity index (χ0n) is 73.9. The minimum absolute atomic E-state index is 0. The summed E-state index contributed by atoms with van der Waals surface area (Å²) in [5.74, 6) is -4.62. The number of ether oxygens (including phenoxy) is 10. The number of benzene rings is 2. The molecule has 0 aromatic heterocycles. The van der Waals surface area contributed by atoms with Gasteiger partial charge in [0.25, 0.3) is 0 Å². The summed E-state index contributed by atoms with van der Waals surface area (Å²) in [6, 6.07) is 10.2. The zero-order valence-corrected chi connectivity index (χ0v) is 73.9. The van der Waals surface area contributed by atoms with Gasteiger partial charge in [-0.1, -0.05) is 107 Å². The first-order valence-electron chi connectivity index (χ1n) is 43.7. The minimum Gasteiger partial charge on any atom is -0.494 e. The second-order valence-electron chi connectivity index (χ2n) is 29.3. The number of hydrogen-bond acceptors (Lipinski definition) is 26. The summed E-state index contributed by atoms with van der Waals surface area (Å²) in [5, 5.41) is 62.8. The van der Waals surface area contributed by atoms with Crippen molar-refractivity contribution < 1.29 is 140 Å². The Kier molecular flexibility index (Phi) is 88.3. The second-order valence-corrected chi connectivity index (χ2v) is 29.3. The van der Waals surface area contributed by atoms with E-state index in [2.05, 4.69) is 37.2 Å². The quantitative estimate of drug-likeness (QED) is 0.0274. The van der Waals surface area contributed by atoms with Gasteiger partial charge in [0.1, 0.15) is 67.4 Å². The maximum Gasteiger partial charge on any atom is 0.335 e. The normalized spacial score (nSPS) is 11.5. The molecule has 4 atom stereocenters. The third-order valence-electron chi connectivity index (χ3n) is 19.0. The number of carboxylic acids is 4. The van der Waals surface area contributed by atoms with Crippen molar-refractivity contribution in [2.45, 2.75) is 268 Å². The number of rotatable bonds is 82. The Morgan fingerprint density at radius 1 is 0.305 bits per heavy atom. The highest BCUT2D eigenvalue weighted by atomic mass is 16.5. The smallest absolute Gasteiger partial charge is 0.335 e. The van der Waals surface area contributed by atoms with Crippen molar-refractivity contribution in [3.05, 3.63) is 59.7 Å². The van der Waals surface area contributed by atoms with Gasteiger partial charge in [-0.05, 0) is 159 Å². The molecule has 738 valence electrons. The number of Topliss-reactive ketones (excluding diaryl/α,β-unsaturated/α-hetero) is 4. The van der Waals surface area contributed by atoms with Gasteiger partial charge in [0.05, 0.1) is 96.5 Å². The Hall–Kier alpha value is -8.98. The lowest BCUT2D eigenvalue weighted by Crippen LogP contribution is -2.41. The molecule has 2 aromatic carbocycles. The van der Waals surface area contributed by atoms with Gasteiger partial charge in [-0.25, -0.2) is 19.2 Å². The predicted molar refractivity (Wildman–Crippen MR) is 487 cm³/mol. The number of aliphatic carboxylic acids is 2. The van der Waals surface area contributed by atoms with Crippen molar-refractivity contribution in [2.75, 3.05) is 159 Å². The number of hydrogen-bond donors (Lipinski definition) is 12. The Bertz CT molecular complexity index is 3030. The molecule has 128 heavy (non-hydrogen) atoms. The number of likely N-dealkylation sites (N-methyl/N-ethyl adjacent to an activating group) is 1. The molecule has 0 radical (unpaired) electrons. The van der Waals surface area contributed by atoms with E-state index in [4.69, 9.17) is 62.7 Å². The van der Waals surface area contributed by atoms with Crippen molar-refractivity contribution in [1.29, 1.82) is 0 Å². The van der Waals surface area contributed by atoms with Gasteiger partial charge in [-0.3, -0.25) is 47.9 Å². The van der Waals surface area contributed by atoms with E-state index >= 15 is 0 Å². The molecule has 36 heteroatoms. The summed E-state index contributed by atoms with van der Waals surface area (Å²) in [4.78, 5) is 165. The van der Waals surface area contributed by atoms with Crippen molar-refractivity contribution >= 4 is 82.5 Å². The lowest BCUT2D eigenvalue weighted by molar-refractivity contribution is -0.142. The molecular weight excluding hydrogens is 1670 g/mol. The van der Waals surface area contributed by atoms with Gasteiger partial charge in [0.2, 0.25) is 35.4 Å². The molecule has 0 bridgehead atoms. The number of carboxylic acid groups (broad SMARTS) is 4. The molecule has 0 unspecified atom stereocenters. The third kappa shape index (κ3) is 77.0. The summed E-state index contributed by atoms with van der Waals surface area (Å²) in [6.07, 6.45) is 20.3. The van der Waals surface area contributed by atoms with Crippen molar-refractivity contribution in [2.24, 2.45) is 5.92 Å². The van der Waals surface area contributed by atoms with Crippen LogP contribution in [0, 0.1) is 5.92 Å². The standard InChI is InChI=1S/C44H71N3O14.C43H70N4O14.CH4O.4CH4/c1-3-35(34(2)48)14-10-11-23-45-41(51)32-60-31-29-58-27-24-46-42(52)33-59-30-28-57-25-13-15-37(49)19-22-39(44(55)56)47-40(50)16-9-7-5-4-6-8-12-26-61-38-20-17-36(18-21-38)43(53)54;1-33(48)37(44-2)14-9-10-22-45-41(52)32-60-30-27-57-24-12-13-35(49)31-59-29-28-58-26-23-46-39(50)21-20-38(43(55)56)47-40(51)15-8-6-4-3-5-7-11-25-61-36-18-16-34(17-19-36)42(53)54;1-2;;;;/h17-18,20-21,35,39H,3-16,19,22-33H2,1-2H3,(H,45,51)(H,46,52)(H,47,50)(H,53,54)(H,55,56);16-19,37-38,44H,3-15,20-32H2,1-2H3,(H,45,52)(H,46,50)(H,47,51)(H,53,54)(H,55,56);2H,1H3;4*1H4/t35-,39-;37-,38-;;;;;/m00...../s1. The molecule has 0 saturated carbocycles. The fourth-order valence-corrected chi connectivity index (χ4v) is 11.9. The number of ketones is 4. The molecule has 0 saturated heterocycles. The number of carbonyl (C=O) groups is 14. The molecule has 0 aliphatic carbocycles. The molecule has 12 N–H and O–H groups in total. The fourth-order valence-electron chi connectivity index (χ4n) is 11.9. The summed E-state index contributed by atoms with van der Waals surface area (Å²) < 4.78 is 54.2. The van der Waals surface area contributed by atoms with Gasteiger partial charge in [0, 0.05) is 90.9 Å². The van der Waals surface area contributed by atoms with Crippen LogP contribution in [0.1, 0.15) is 270 Å². The SMILES string of the molecule is C.C.C.C.CC[C@@H](CCCCNC(=O)COCCOCCNC(=O)COCCOCCCC(=O)CC[C@H](NC(=O)CCCCCCCCCOc1ccc(C(=O)O)cc1)C(=O)O)C(C)=O.CN[C@@H](CCCCNC(=O)COCCOCCCC(=O)COCCOCCNC(=O)CC[C@H](NC(=O)CCCCCCCCCOc1ccc(C(=O)O)cc1)C(=O)O)C(C)=O.CO. The molecule has 0 heterocycles. The molecule has 6 amide bonds. The highest BCUT2D eigenvalue weighted by Gasteiger charge is 2.23. The van der Waals surface area contributed by atoms with Gasteiger partial charge >= 0.3 is 23.9 Å². The average molecular weight is 1830 g/mol. The van der Waals surface area contributed by atoms with Crippen LogP contribution >= 0.6 is 0 Å². The Labute approximate surface area is 760 Å². The van der Waals surface area contributed by atoms with Crippen LogP contribution in [0.25, 0.3) is 0 Å². The highest BCUT2D eigenvalue weighted by Crippen LogP contribution is 2.18. The van der Waals surface area contributed by atoms with E-state index in [0.717, 1.165) is 129 Å². The molecule has 2 aromatic rings. The first kappa shape index (κ1) is 128. The predicted octanol–water partition coefficient (Wildman–Crippen LogP) is 10.0. The van der Waals surface area contributed by atoms with E-state index < -0.39 is 36.0 Å². The van der Waals surface area contributed by atoms with E-state index in [-0.39, 0.29) is 255 Å². The van der Waals surface area contributed by atoms with Crippen molar-refractivity contribution in [3.63, 3.8) is 0 Å². The number of amides is 6. The monoisotopic (exact) mass is 1830 g/mol. The van der Waals surface area contributed by atoms with E-state index in [9.17, 15) is 77.3 Å². The van der Waals surface area contributed by atoms with Gasteiger partial charge in [-0.2, -0.15) is 0 Å². The van der Waals surface area contributed by atoms with E-state index in [1.165, 1.54) is 24.3 Å². The van der Waals surface area contributed by atoms with Crippen molar-refractivity contribution in [3.8, 4) is 11.5 Å². The van der Waals surface area contributed by atoms with E-state index in [0.29, 0.717) is 89.7 Å². The van der Waals surface area contributed by atoms with Gasteiger partial charge in [0.15, 0.2) is 5.78 Å². The Morgan fingerprint density at radius 2 is 0.648 bits per heavy atom. The number of carbonyl (C=O) groups excluding carboxylic acids is 10. The van der Waals surface area contributed by atoms with E-state index in [1.54, 1.807) is 45.2 Å². The summed E-state index contributed by atoms with van der Waals surface area (Å²) >= 11 is 0. The molecular formula is C92H161N7O29. The minimum atomic E-state index is -1.20. The second kappa shape index (κ2) is 88.7. The first-order valence-corrected chi connectivity index (χ1v) is 43.7. The summed E-state index contributed by atoms with van der Waals surface area (Å²) in [5.41, 5.74) is 0.432. The maximum atomic E-state index is 12.3. The van der Waals surface area contributed by atoms with Crippen LogP contribution in [-0.2, 0) is 95.4 Å². The molecule has 0 aliphatic heterocycles. The number of aliphatic hydroxyl groups is 1. The van der Waals surface area contributed by atoms with Gasteiger partial charge < -0.3 is 110 Å². The molecule has 0 aliphatic rings. The van der Waals surface area contributed by atoms with Crippen LogP contribution in [0.2, 0.25) is 0 Å². The highest BCUT2D eigenvalue weighted by molar-refractivity contribution is 5.89. The fraction of sp³-hybridized carbons (Fsp3) is 0.717. The molecule has 0 fully saturated rings. The van der Waals surface area contributed by atoms with Crippen LogP contribution in [0.5, 0.6) is 11.5 Å². The topological polar surface area (TPSA) is 517 Å². The van der Waals surface area contributed by atoms with Crippen LogP contribution < -0.4 is 46.7 Å². The van der Waals surface area contributed by atoms with Crippen LogP contribution in [-0.4, -0.2) is 285 Å². The van der Waals surface area contributed by atoms with Crippen molar-refractivity contribution in [1.82, 2.24) is 37.2 Å². The molecule has 2 rings (SSSR count). The average Bonchev–Trinajstić information content (AvgIpc) is 0.899. The third-order valence-corrected chi connectivity index (χ3v) is 19.0. The lowest BCUT2D eigenvalue weighted by Gasteiger charge is -2.14. The molecule has 36 nitrogen and oxygen atoms in total. The Balaban J connectivity index is -0.000000750.